The van der Waals surface area contributed by atoms with E-state index in [0.717, 1.165) is 51.4 Å². The molecule has 0 aromatic carbocycles. The number of hydrogen-bond acceptors (Lipinski definition) is 12. The summed E-state index contributed by atoms with van der Waals surface area (Å²) < 4.78 is 21.8. The molecule has 2 rings (SSSR count). The first-order valence-corrected chi connectivity index (χ1v) is 13.1. The average molecular weight is 538 g/mol. The number of hydrogen-bond donors (Lipinski definition) is 7. The molecule has 0 bridgehead atoms. The van der Waals surface area contributed by atoms with Crippen LogP contribution in [0, 0.1) is 0 Å². The van der Waals surface area contributed by atoms with Gasteiger partial charge in [-0.2, -0.15) is 0 Å². The summed E-state index contributed by atoms with van der Waals surface area (Å²) >= 11 is 0. The summed E-state index contributed by atoms with van der Waals surface area (Å²) in [4.78, 5) is 2.73. The van der Waals surface area contributed by atoms with Crippen LogP contribution in [0.15, 0.2) is 5.11 Å². The molecule has 0 aromatic rings. The monoisotopic (exact) mass is 537 g/mol. The molecule has 2 saturated heterocycles. The van der Waals surface area contributed by atoms with Gasteiger partial charge in [0.15, 0.2) is 12.6 Å². The van der Waals surface area contributed by atoms with Crippen molar-refractivity contribution in [1.82, 2.24) is 0 Å². The minimum Gasteiger partial charge on any atom is -0.394 e. The molecule has 2 aliphatic rings. The predicted molar refractivity (Wildman–Crippen MR) is 128 cm³/mol. The van der Waals surface area contributed by atoms with Crippen molar-refractivity contribution in [3.8, 4) is 0 Å². The average Bonchev–Trinajstić information content (AvgIpc) is 2.89. The van der Waals surface area contributed by atoms with Gasteiger partial charge in [-0.15, -0.1) is 0 Å². The molecule has 0 aromatic heterocycles. The van der Waals surface area contributed by atoms with Gasteiger partial charge in [0.05, 0.1) is 13.2 Å². The van der Waals surface area contributed by atoms with E-state index in [1.54, 1.807) is 0 Å². The molecule has 0 unspecified atom stereocenters. The molecule has 10 atom stereocenters. The van der Waals surface area contributed by atoms with Crippen LogP contribution in [0.4, 0.5) is 0 Å². The zero-order chi connectivity index (χ0) is 27.2. The number of aliphatic hydroxyl groups excluding tert-OH is 7. The smallest absolute Gasteiger partial charge is 0.187 e. The molecule has 0 aliphatic carbocycles. The summed E-state index contributed by atoms with van der Waals surface area (Å²) in [6, 6.07) is 0. The maximum absolute atomic E-state index is 10.8. The van der Waals surface area contributed by atoms with Crippen molar-refractivity contribution < 1.29 is 54.7 Å². The fraction of sp³-hybridized carbons (Fsp3) is 1.00. The Hall–Kier alpha value is -1.13. The summed E-state index contributed by atoms with van der Waals surface area (Å²) in [5, 5.41) is 73.8. The molecule has 216 valence electrons. The van der Waals surface area contributed by atoms with E-state index in [9.17, 15) is 35.7 Å². The molecule has 0 amide bonds. The van der Waals surface area contributed by atoms with Gasteiger partial charge in [-0.25, -0.2) is 0 Å². The van der Waals surface area contributed by atoms with Crippen LogP contribution in [0.1, 0.15) is 57.8 Å². The third-order valence-electron chi connectivity index (χ3n) is 6.73. The highest BCUT2D eigenvalue weighted by Gasteiger charge is 2.50. The van der Waals surface area contributed by atoms with E-state index in [4.69, 9.17) is 24.5 Å². The van der Waals surface area contributed by atoms with Gasteiger partial charge < -0.3 is 54.7 Å². The number of aliphatic hydroxyl groups is 7. The van der Waals surface area contributed by atoms with Crippen LogP contribution < -0.4 is 0 Å². The lowest BCUT2D eigenvalue weighted by molar-refractivity contribution is -0.357. The second-order valence-electron chi connectivity index (χ2n) is 9.51. The van der Waals surface area contributed by atoms with E-state index in [-0.39, 0.29) is 6.61 Å². The standard InChI is InChI=1S/C23H43N3O11/c24-26-25-10-8-6-4-2-1-3-5-7-9-11-34-21-16(29)14(12-27)36-23(19(21)32)37-20-15(13-28)35-22(33)18(31)17(20)30/h14-23,27-33H,1-13H2/t14-,15-,16-,17-,18-,19-,20-,21+,22+,23-/m1/s1. The van der Waals surface area contributed by atoms with Gasteiger partial charge in [0, 0.05) is 18.1 Å². The molecule has 7 N–H and O–H groups in total. The number of rotatable bonds is 17. The van der Waals surface area contributed by atoms with Crippen molar-refractivity contribution in [2.75, 3.05) is 26.4 Å². The highest BCUT2D eigenvalue weighted by atomic mass is 16.7. The Labute approximate surface area is 216 Å². The topological polar surface area (TPSA) is 227 Å². The van der Waals surface area contributed by atoms with Crippen LogP contribution in [-0.2, 0) is 18.9 Å². The summed E-state index contributed by atoms with van der Waals surface area (Å²) in [5.74, 6) is 0. The van der Waals surface area contributed by atoms with Crippen LogP contribution in [0.5, 0.6) is 0 Å². The molecule has 2 aliphatic heterocycles. The van der Waals surface area contributed by atoms with E-state index < -0.39 is 74.6 Å². The molecular weight excluding hydrogens is 494 g/mol. The Morgan fingerprint density at radius 1 is 0.676 bits per heavy atom. The van der Waals surface area contributed by atoms with Crippen molar-refractivity contribution in [3.05, 3.63) is 10.4 Å². The highest BCUT2D eigenvalue weighted by molar-refractivity contribution is 4.94. The second-order valence-corrected chi connectivity index (χ2v) is 9.51. The van der Waals surface area contributed by atoms with Crippen molar-refractivity contribution in [2.45, 2.75) is 119 Å². The van der Waals surface area contributed by atoms with Crippen molar-refractivity contribution in [3.63, 3.8) is 0 Å². The lowest BCUT2D eigenvalue weighted by Gasteiger charge is -2.46. The van der Waals surface area contributed by atoms with E-state index in [2.05, 4.69) is 10.0 Å². The molecule has 0 radical (unpaired) electrons. The molecule has 14 nitrogen and oxygen atoms in total. The van der Waals surface area contributed by atoms with Crippen molar-refractivity contribution in [1.29, 1.82) is 0 Å². The summed E-state index contributed by atoms with van der Waals surface area (Å²) in [6.45, 7) is -0.444. The molecule has 0 saturated carbocycles. The molecule has 2 fully saturated rings. The van der Waals surface area contributed by atoms with E-state index in [1.165, 1.54) is 0 Å². The van der Waals surface area contributed by atoms with Gasteiger partial charge in [0.1, 0.15) is 48.8 Å². The number of unbranched alkanes of at least 4 members (excludes halogenated alkanes) is 8. The maximum atomic E-state index is 10.8. The van der Waals surface area contributed by atoms with Crippen LogP contribution in [0.3, 0.4) is 0 Å². The first kappa shape index (κ1) is 32.1. The zero-order valence-electron chi connectivity index (χ0n) is 21.1. The van der Waals surface area contributed by atoms with Crippen LogP contribution in [-0.4, -0.2) is 124 Å². The van der Waals surface area contributed by atoms with Gasteiger partial charge in [-0.3, -0.25) is 0 Å². The third-order valence-corrected chi connectivity index (χ3v) is 6.73. The van der Waals surface area contributed by atoms with Gasteiger partial charge in [-0.05, 0) is 18.4 Å². The minimum atomic E-state index is -1.73. The lowest BCUT2D eigenvalue weighted by Crippen LogP contribution is -2.64. The maximum Gasteiger partial charge on any atom is 0.187 e. The van der Waals surface area contributed by atoms with E-state index >= 15 is 0 Å². The van der Waals surface area contributed by atoms with Crippen LogP contribution >= 0.6 is 0 Å². The number of azide groups is 1. The van der Waals surface area contributed by atoms with Gasteiger partial charge in [0.25, 0.3) is 0 Å². The number of ether oxygens (including phenoxy) is 4. The fourth-order valence-corrected chi connectivity index (χ4v) is 4.54. The fourth-order valence-electron chi connectivity index (χ4n) is 4.54. The summed E-state index contributed by atoms with van der Waals surface area (Å²) in [7, 11) is 0. The first-order valence-electron chi connectivity index (χ1n) is 13.1. The van der Waals surface area contributed by atoms with Gasteiger partial charge in [-0.1, -0.05) is 50.1 Å². The normalized spacial score (nSPS) is 36.3. The lowest BCUT2D eigenvalue weighted by atomic mass is 9.97. The van der Waals surface area contributed by atoms with Crippen molar-refractivity contribution in [2.24, 2.45) is 5.11 Å². The molecule has 0 spiro atoms. The highest BCUT2D eigenvalue weighted by Crippen LogP contribution is 2.29. The Morgan fingerprint density at radius 2 is 1.27 bits per heavy atom. The number of nitrogens with zero attached hydrogens (tertiary/aromatic N) is 3. The molecule has 2 heterocycles. The Morgan fingerprint density at radius 3 is 1.86 bits per heavy atom. The largest absolute Gasteiger partial charge is 0.394 e. The van der Waals surface area contributed by atoms with Crippen LogP contribution in [0.25, 0.3) is 10.4 Å². The first-order chi connectivity index (χ1) is 17.8. The van der Waals surface area contributed by atoms with Crippen LogP contribution in [0.2, 0.25) is 0 Å². The predicted octanol–water partition coefficient (Wildman–Crippen LogP) is -0.552. The Kier molecular flexibility index (Phi) is 15.1. The minimum absolute atomic E-state index is 0.252. The van der Waals surface area contributed by atoms with Gasteiger partial charge in [0.2, 0.25) is 0 Å². The van der Waals surface area contributed by atoms with E-state index in [1.807, 2.05) is 0 Å². The summed E-state index contributed by atoms with van der Waals surface area (Å²) in [6.07, 6.45) is -5.29. The quantitative estimate of drug-likeness (QED) is 0.0539. The van der Waals surface area contributed by atoms with E-state index in [0.29, 0.717) is 13.0 Å². The molecule has 37 heavy (non-hydrogen) atoms. The van der Waals surface area contributed by atoms with Crippen molar-refractivity contribution >= 4 is 0 Å². The third kappa shape index (κ3) is 9.84. The SMILES string of the molecule is [N-]=[N+]=NCCCCCCCCCCCO[C@@H]1[C@@H](O)[C@@H](O[C@H]2[C@H](O)[C@@H](O)[C@@H](O)O[C@@H]2CO)O[C@H](CO)[C@H]1O. The molecule has 14 heteroatoms. The zero-order valence-corrected chi connectivity index (χ0v) is 21.1. The summed E-state index contributed by atoms with van der Waals surface area (Å²) in [5.41, 5.74) is 8.23. The Bertz CT molecular complexity index is 670. The molecular formula is C23H43N3O11. The Balaban J connectivity index is 1.75. The second kappa shape index (κ2) is 17.5. The van der Waals surface area contributed by atoms with Gasteiger partial charge >= 0.3 is 0 Å².